The fourth-order valence-electron chi connectivity index (χ4n) is 6.01. The largest absolute Gasteiger partial charge is 0.494 e. The number of rotatable bonds is 7. The minimum absolute atomic E-state index is 0.0583. The average Bonchev–Trinajstić information content (AvgIpc) is 3.36. The molecule has 0 atom stereocenters. The molecule has 2 heterocycles. The zero-order valence-electron chi connectivity index (χ0n) is 25.3. The number of ether oxygens (including phenoxy) is 1. The van der Waals surface area contributed by atoms with Crippen molar-refractivity contribution in [2.75, 3.05) is 73.1 Å². The highest BCUT2D eigenvalue weighted by Crippen LogP contribution is 2.36. The third kappa shape index (κ3) is 7.19. The van der Waals surface area contributed by atoms with E-state index in [2.05, 4.69) is 47.0 Å². The van der Waals surface area contributed by atoms with Crippen LogP contribution in [0.4, 0.5) is 0 Å². The summed E-state index contributed by atoms with van der Waals surface area (Å²) in [6, 6.07) is 22.7. The van der Waals surface area contributed by atoms with Gasteiger partial charge in [-0.15, -0.1) is 0 Å². The molecule has 42 heavy (non-hydrogen) atoms. The Morgan fingerprint density at radius 2 is 1.50 bits per heavy atom. The van der Waals surface area contributed by atoms with E-state index in [-0.39, 0.29) is 5.91 Å². The van der Waals surface area contributed by atoms with E-state index in [9.17, 15) is 10.1 Å². The lowest BCUT2D eigenvalue weighted by atomic mass is 9.89. The van der Waals surface area contributed by atoms with Gasteiger partial charge in [0.2, 0.25) is 0 Å². The van der Waals surface area contributed by atoms with Gasteiger partial charge in [0, 0.05) is 50.4 Å². The van der Waals surface area contributed by atoms with Crippen molar-refractivity contribution >= 4 is 5.91 Å². The number of hydrogen-bond donors (Lipinski definition) is 0. The molecule has 3 aromatic carbocycles. The number of likely N-dealkylation sites (N-methyl/N-ethyl adjacent to an activating group) is 2. The van der Waals surface area contributed by atoms with Crippen molar-refractivity contribution in [3.63, 3.8) is 0 Å². The molecule has 0 unspecified atom stereocenters. The Balaban J connectivity index is 1.49. The van der Waals surface area contributed by atoms with E-state index >= 15 is 0 Å². The van der Waals surface area contributed by atoms with Crippen LogP contribution in [0.5, 0.6) is 5.75 Å². The number of carbonyl (C=O) groups excluding carboxylic acids is 1. The molecule has 2 aliphatic heterocycles. The number of nitriles is 1. The van der Waals surface area contributed by atoms with Crippen molar-refractivity contribution < 1.29 is 9.53 Å². The lowest BCUT2D eigenvalue weighted by Gasteiger charge is -2.22. The SMILES string of the molecule is CCOc1ccc(-c2cc(C(=O)N3CCCN(C)CC3)ccc2-c2ccc(CN3CCCN(C)CC3)cc2C#N)cc1. The fraction of sp³-hybridized carbons (Fsp3) is 0.429. The highest BCUT2D eigenvalue weighted by molar-refractivity contribution is 5.98. The molecule has 7 heteroatoms. The Hall–Kier alpha value is -3.70. The summed E-state index contributed by atoms with van der Waals surface area (Å²) in [7, 11) is 4.29. The predicted octanol–water partition coefficient (Wildman–Crippen LogP) is 5.21. The highest BCUT2D eigenvalue weighted by Gasteiger charge is 2.22. The zero-order chi connectivity index (χ0) is 29.5. The van der Waals surface area contributed by atoms with Crippen LogP contribution in [-0.2, 0) is 6.54 Å². The van der Waals surface area contributed by atoms with Gasteiger partial charge in [0.25, 0.3) is 5.91 Å². The predicted molar refractivity (Wildman–Crippen MR) is 169 cm³/mol. The monoisotopic (exact) mass is 565 g/mol. The topological polar surface area (TPSA) is 63.1 Å². The molecule has 0 aliphatic carbocycles. The van der Waals surface area contributed by atoms with Gasteiger partial charge in [-0.05, 0) is 106 Å². The Morgan fingerprint density at radius 1 is 0.786 bits per heavy atom. The van der Waals surface area contributed by atoms with E-state index in [4.69, 9.17) is 4.74 Å². The van der Waals surface area contributed by atoms with E-state index in [0.717, 1.165) is 105 Å². The van der Waals surface area contributed by atoms with Crippen molar-refractivity contribution in [1.29, 1.82) is 5.26 Å². The van der Waals surface area contributed by atoms with Crippen molar-refractivity contribution in [2.24, 2.45) is 0 Å². The summed E-state index contributed by atoms with van der Waals surface area (Å²) < 4.78 is 5.68. The summed E-state index contributed by atoms with van der Waals surface area (Å²) in [5.74, 6) is 0.869. The molecule has 0 bridgehead atoms. The lowest BCUT2D eigenvalue weighted by molar-refractivity contribution is 0.0763. The first kappa shape index (κ1) is 29.8. The van der Waals surface area contributed by atoms with Crippen molar-refractivity contribution in [2.45, 2.75) is 26.3 Å². The third-order valence-corrected chi connectivity index (χ3v) is 8.46. The molecule has 2 saturated heterocycles. The molecule has 2 aliphatic rings. The van der Waals surface area contributed by atoms with Crippen LogP contribution in [0.2, 0.25) is 0 Å². The van der Waals surface area contributed by atoms with Gasteiger partial charge in [-0.25, -0.2) is 0 Å². The third-order valence-electron chi connectivity index (χ3n) is 8.46. The minimum atomic E-state index is 0.0583. The van der Waals surface area contributed by atoms with Crippen LogP contribution < -0.4 is 4.74 Å². The Kier molecular flexibility index (Phi) is 9.91. The average molecular weight is 566 g/mol. The van der Waals surface area contributed by atoms with Crippen LogP contribution >= 0.6 is 0 Å². The van der Waals surface area contributed by atoms with Gasteiger partial charge in [-0.3, -0.25) is 9.69 Å². The van der Waals surface area contributed by atoms with Crippen LogP contribution in [0, 0.1) is 11.3 Å². The summed E-state index contributed by atoms with van der Waals surface area (Å²) in [4.78, 5) is 22.8. The van der Waals surface area contributed by atoms with Gasteiger partial charge in [0.15, 0.2) is 0 Å². The molecule has 0 saturated carbocycles. The fourth-order valence-corrected chi connectivity index (χ4v) is 6.01. The highest BCUT2D eigenvalue weighted by atomic mass is 16.5. The molecule has 0 spiro atoms. The summed E-state index contributed by atoms with van der Waals surface area (Å²) in [5.41, 5.74) is 6.24. The second-order valence-electron chi connectivity index (χ2n) is 11.6. The molecule has 220 valence electrons. The van der Waals surface area contributed by atoms with Crippen molar-refractivity contribution in [1.82, 2.24) is 19.6 Å². The summed E-state index contributed by atoms with van der Waals surface area (Å²) in [6.07, 6.45) is 2.13. The zero-order valence-corrected chi connectivity index (χ0v) is 25.3. The Bertz CT molecular complexity index is 1410. The molecule has 2 fully saturated rings. The summed E-state index contributed by atoms with van der Waals surface area (Å²) in [5, 5.41) is 10.3. The maximum Gasteiger partial charge on any atom is 0.253 e. The number of hydrogen-bond acceptors (Lipinski definition) is 6. The molecular weight excluding hydrogens is 522 g/mol. The van der Waals surface area contributed by atoms with E-state index < -0.39 is 0 Å². The van der Waals surface area contributed by atoms with E-state index in [1.54, 1.807) is 0 Å². The molecule has 7 nitrogen and oxygen atoms in total. The first-order valence-electron chi connectivity index (χ1n) is 15.2. The summed E-state index contributed by atoms with van der Waals surface area (Å²) in [6.45, 7) is 11.1. The van der Waals surface area contributed by atoms with Crippen LogP contribution in [0.25, 0.3) is 22.3 Å². The number of nitrogens with zero attached hydrogens (tertiary/aromatic N) is 5. The number of amides is 1. The quantitative estimate of drug-likeness (QED) is 0.392. The minimum Gasteiger partial charge on any atom is -0.494 e. The standard InChI is InChI=1S/C35H43N5O2/c1-4-42-31-11-8-28(9-12-31)34-24-29(35(41)40-18-6-16-38(3)20-22-40)10-14-33(34)32-13-7-27(23-30(32)25-36)26-39-17-5-15-37(2)19-21-39/h7-14,23-24H,4-6,15-22,26H2,1-3H3. The van der Waals surface area contributed by atoms with Gasteiger partial charge >= 0.3 is 0 Å². The van der Waals surface area contributed by atoms with Crippen LogP contribution in [0.15, 0.2) is 60.7 Å². The molecule has 0 aromatic heterocycles. The Morgan fingerprint density at radius 3 is 2.24 bits per heavy atom. The molecule has 3 aromatic rings. The number of carbonyl (C=O) groups is 1. The second kappa shape index (κ2) is 14.0. The van der Waals surface area contributed by atoms with Gasteiger partial charge in [0.05, 0.1) is 18.2 Å². The van der Waals surface area contributed by atoms with Crippen molar-refractivity contribution in [3.8, 4) is 34.1 Å². The molecule has 5 rings (SSSR count). The molecular formula is C35H43N5O2. The molecule has 0 radical (unpaired) electrons. The molecule has 0 N–H and O–H groups in total. The van der Waals surface area contributed by atoms with Gasteiger partial charge in [-0.1, -0.05) is 30.3 Å². The first-order chi connectivity index (χ1) is 20.4. The Labute approximate surface area is 250 Å². The van der Waals surface area contributed by atoms with E-state index in [1.807, 2.05) is 60.4 Å². The molecule has 1 amide bonds. The second-order valence-corrected chi connectivity index (χ2v) is 11.6. The van der Waals surface area contributed by atoms with Crippen LogP contribution in [0.3, 0.4) is 0 Å². The van der Waals surface area contributed by atoms with E-state index in [1.165, 1.54) is 0 Å². The maximum absolute atomic E-state index is 13.7. The normalized spacial score (nSPS) is 17.3. The maximum atomic E-state index is 13.7. The summed E-state index contributed by atoms with van der Waals surface area (Å²) >= 11 is 0. The van der Waals surface area contributed by atoms with Crippen LogP contribution in [-0.4, -0.2) is 98.6 Å². The lowest BCUT2D eigenvalue weighted by Crippen LogP contribution is -2.34. The van der Waals surface area contributed by atoms with E-state index in [0.29, 0.717) is 17.7 Å². The van der Waals surface area contributed by atoms with Gasteiger partial charge < -0.3 is 19.4 Å². The first-order valence-corrected chi connectivity index (χ1v) is 15.2. The van der Waals surface area contributed by atoms with Gasteiger partial charge in [-0.2, -0.15) is 5.26 Å². The van der Waals surface area contributed by atoms with Gasteiger partial charge in [0.1, 0.15) is 5.75 Å². The number of benzene rings is 3. The smallest absolute Gasteiger partial charge is 0.253 e. The van der Waals surface area contributed by atoms with Crippen molar-refractivity contribution in [3.05, 3.63) is 77.4 Å². The van der Waals surface area contributed by atoms with Crippen LogP contribution in [0.1, 0.15) is 41.3 Å².